The highest BCUT2D eigenvalue weighted by molar-refractivity contribution is 7.80. The topological polar surface area (TPSA) is 74.3 Å². The number of hydrogen-bond acceptors (Lipinski definition) is 6. The molecule has 0 radical (unpaired) electrons. The van der Waals surface area contributed by atoms with Gasteiger partial charge in [-0.15, -0.1) is 13.2 Å². The van der Waals surface area contributed by atoms with E-state index < -0.39 is 6.36 Å². The van der Waals surface area contributed by atoms with Crippen molar-refractivity contribution in [1.29, 1.82) is 0 Å². The number of ether oxygens (including phenoxy) is 1. The Morgan fingerprint density at radius 3 is 2.44 bits per heavy atom. The lowest BCUT2D eigenvalue weighted by Gasteiger charge is -2.30. The highest BCUT2D eigenvalue weighted by Crippen LogP contribution is 2.30. The summed E-state index contributed by atoms with van der Waals surface area (Å²) in [5, 5.41) is 10.7. The standard InChI is InChI=1S/C25H29F3N6OS/c1-34(2)22-18-7-3-4-8-19(18)31-23(33-22)30-17-13-11-16(12-14-17)15-29-24(36)32-20-9-5-6-10-21(20)35-25(26,27)28/h3-10,16-17H,11-15H2,1-2H3,(H2,29,32,36)(H,30,31,33). The van der Waals surface area contributed by atoms with E-state index in [0.717, 1.165) is 42.4 Å². The molecular formula is C25H29F3N6OS. The number of alkyl halides is 3. The summed E-state index contributed by atoms with van der Waals surface area (Å²) in [6.07, 6.45) is -0.889. The number of thiocarbonyl (C=S) groups is 1. The fraction of sp³-hybridized carbons (Fsp3) is 0.400. The number of benzene rings is 2. The van der Waals surface area contributed by atoms with Gasteiger partial charge in [-0.1, -0.05) is 24.3 Å². The second-order valence-electron chi connectivity index (χ2n) is 9.02. The number of nitrogens with zero attached hydrogens (tertiary/aromatic N) is 3. The van der Waals surface area contributed by atoms with E-state index in [1.54, 1.807) is 6.07 Å². The van der Waals surface area contributed by atoms with Gasteiger partial charge in [-0.2, -0.15) is 4.98 Å². The Hall–Kier alpha value is -3.34. The van der Waals surface area contributed by atoms with Gasteiger partial charge < -0.3 is 25.6 Å². The van der Waals surface area contributed by atoms with E-state index in [-0.39, 0.29) is 22.6 Å². The molecule has 0 aliphatic heterocycles. The van der Waals surface area contributed by atoms with Gasteiger partial charge in [-0.05, 0) is 68.1 Å². The summed E-state index contributed by atoms with van der Waals surface area (Å²) in [6.45, 7) is 0.637. The second kappa shape index (κ2) is 11.2. The minimum absolute atomic E-state index is 0.160. The molecule has 0 atom stereocenters. The normalized spacial score (nSPS) is 17.9. The summed E-state index contributed by atoms with van der Waals surface area (Å²) < 4.78 is 42.0. The number of para-hydroxylation sites is 3. The predicted molar refractivity (Wildman–Crippen MR) is 141 cm³/mol. The first kappa shape index (κ1) is 25.7. The van der Waals surface area contributed by atoms with Crippen LogP contribution in [0.4, 0.5) is 30.6 Å². The highest BCUT2D eigenvalue weighted by atomic mass is 32.1. The Bertz CT molecular complexity index is 1200. The lowest BCUT2D eigenvalue weighted by molar-refractivity contribution is -0.274. The van der Waals surface area contributed by atoms with Crippen LogP contribution in [-0.2, 0) is 0 Å². The summed E-state index contributed by atoms with van der Waals surface area (Å²) in [5.41, 5.74) is 1.06. The molecule has 2 aromatic carbocycles. The van der Waals surface area contributed by atoms with Gasteiger partial charge in [0, 0.05) is 32.1 Å². The van der Waals surface area contributed by atoms with Crippen LogP contribution in [0.1, 0.15) is 25.7 Å². The maximum Gasteiger partial charge on any atom is 0.573 e. The fourth-order valence-electron chi connectivity index (χ4n) is 4.35. The molecule has 0 spiro atoms. The highest BCUT2D eigenvalue weighted by Gasteiger charge is 2.32. The Morgan fingerprint density at radius 1 is 1.03 bits per heavy atom. The Morgan fingerprint density at radius 2 is 1.72 bits per heavy atom. The van der Waals surface area contributed by atoms with Crippen molar-refractivity contribution in [2.45, 2.75) is 38.1 Å². The first-order valence-corrected chi connectivity index (χ1v) is 12.2. The minimum Gasteiger partial charge on any atom is -0.404 e. The summed E-state index contributed by atoms with van der Waals surface area (Å²) in [6, 6.07) is 14.1. The Balaban J connectivity index is 1.27. The van der Waals surface area contributed by atoms with Gasteiger partial charge >= 0.3 is 6.36 Å². The lowest BCUT2D eigenvalue weighted by Crippen LogP contribution is -2.36. The van der Waals surface area contributed by atoms with Crippen LogP contribution >= 0.6 is 12.2 Å². The third-order valence-electron chi connectivity index (χ3n) is 6.10. The van der Waals surface area contributed by atoms with Gasteiger partial charge in [0.15, 0.2) is 10.9 Å². The van der Waals surface area contributed by atoms with E-state index in [4.69, 9.17) is 22.2 Å². The van der Waals surface area contributed by atoms with Crippen molar-refractivity contribution in [3.05, 3.63) is 48.5 Å². The van der Waals surface area contributed by atoms with Crippen molar-refractivity contribution in [2.75, 3.05) is 36.2 Å². The molecule has 3 aromatic rings. The quantitative estimate of drug-likeness (QED) is 0.352. The van der Waals surface area contributed by atoms with Crippen molar-refractivity contribution in [1.82, 2.24) is 15.3 Å². The van der Waals surface area contributed by atoms with E-state index in [1.165, 1.54) is 18.2 Å². The third kappa shape index (κ3) is 6.87. The van der Waals surface area contributed by atoms with Gasteiger partial charge in [-0.3, -0.25) is 0 Å². The average molecular weight is 519 g/mol. The van der Waals surface area contributed by atoms with Crippen molar-refractivity contribution in [2.24, 2.45) is 5.92 Å². The maximum absolute atomic E-state index is 12.6. The van der Waals surface area contributed by atoms with Crippen LogP contribution in [0.2, 0.25) is 0 Å². The molecule has 1 aliphatic rings. The average Bonchev–Trinajstić information content (AvgIpc) is 2.83. The maximum atomic E-state index is 12.6. The van der Waals surface area contributed by atoms with Crippen LogP contribution in [0, 0.1) is 5.92 Å². The molecule has 1 saturated carbocycles. The Kier molecular flexibility index (Phi) is 7.97. The number of nitrogens with one attached hydrogen (secondary N) is 3. The molecular weight excluding hydrogens is 489 g/mol. The van der Waals surface area contributed by atoms with E-state index in [1.807, 2.05) is 43.3 Å². The van der Waals surface area contributed by atoms with Crippen LogP contribution in [-0.4, -0.2) is 48.1 Å². The minimum atomic E-state index is -4.77. The zero-order chi connectivity index (χ0) is 25.7. The molecule has 36 heavy (non-hydrogen) atoms. The van der Waals surface area contributed by atoms with E-state index in [9.17, 15) is 13.2 Å². The second-order valence-corrected chi connectivity index (χ2v) is 9.43. The molecule has 3 N–H and O–H groups in total. The van der Waals surface area contributed by atoms with Crippen molar-refractivity contribution >= 4 is 45.7 Å². The zero-order valence-corrected chi connectivity index (χ0v) is 20.9. The summed E-state index contributed by atoms with van der Waals surface area (Å²) in [7, 11) is 3.94. The molecule has 1 heterocycles. The first-order chi connectivity index (χ1) is 17.2. The summed E-state index contributed by atoms with van der Waals surface area (Å²) in [4.78, 5) is 11.4. The fourth-order valence-corrected chi connectivity index (χ4v) is 4.54. The van der Waals surface area contributed by atoms with Crippen LogP contribution in [0.5, 0.6) is 5.75 Å². The molecule has 1 aliphatic carbocycles. The van der Waals surface area contributed by atoms with Crippen molar-refractivity contribution in [3.8, 4) is 5.75 Å². The molecule has 0 unspecified atom stereocenters. The molecule has 0 bridgehead atoms. The number of aromatic nitrogens is 2. The van der Waals surface area contributed by atoms with Gasteiger partial charge in [0.05, 0.1) is 11.2 Å². The molecule has 0 amide bonds. The number of fused-ring (bicyclic) bond motifs is 1. The lowest BCUT2D eigenvalue weighted by atomic mass is 9.86. The summed E-state index contributed by atoms with van der Waals surface area (Å²) in [5.74, 6) is 1.58. The van der Waals surface area contributed by atoms with Gasteiger partial charge in [-0.25, -0.2) is 4.98 Å². The van der Waals surface area contributed by atoms with Crippen LogP contribution in [0.25, 0.3) is 10.9 Å². The largest absolute Gasteiger partial charge is 0.573 e. The summed E-state index contributed by atoms with van der Waals surface area (Å²) >= 11 is 5.30. The first-order valence-electron chi connectivity index (χ1n) is 11.8. The molecule has 0 saturated heterocycles. The number of halogens is 3. The molecule has 1 fully saturated rings. The van der Waals surface area contributed by atoms with E-state index in [0.29, 0.717) is 18.4 Å². The molecule has 192 valence electrons. The molecule has 7 nitrogen and oxygen atoms in total. The van der Waals surface area contributed by atoms with Gasteiger partial charge in [0.2, 0.25) is 5.95 Å². The number of anilines is 3. The van der Waals surface area contributed by atoms with E-state index in [2.05, 4.69) is 20.7 Å². The molecule has 4 rings (SSSR count). The Labute approximate surface area is 213 Å². The van der Waals surface area contributed by atoms with Crippen molar-refractivity contribution < 1.29 is 17.9 Å². The number of rotatable bonds is 7. The SMILES string of the molecule is CN(C)c1nc(NC2CCC(CNC(=S)Nc3ccccc3OC(F)(F)F)CC2)nc2ccccc12. The van der Waals surface area contributed by atoms with Gasteiger partial charge in [0.25, 0.3) is 0 Å². The monoisotopic (exact) mass is 518 g/mol. The van der Waals surface area contributed by atoms with Crippen LogP contribution in [0.3, 0.4) is 0 Å². The number of hydrogen-bond donors (Lipinski definition) is 3. The van der Waals surface area contributed by atoms with Crippen LogP contribution in [0.15, 0.2) is 48.5 Å². The van der Waals surface area contributed by atoms with Gasteiger partial charge in [0.1, 0.15) is 5.82 Å². The van der Waals surface area contributed by atoms with E-state index >= 15 is 0 Å². The van der Waals surface area contributed by atoms with Crippen LogP contribution < -0.4 is 25.6 Å². The molecule has 11 heteroatoms. The third-order valence-corrected chi connectivity index (χ3v) is 6.35. The zero-order valence-electron chi connectivity index (χ0n) is 20.1. The smallest absolute Gasteiger partial charge is 0.404 e. The molecule has 1 aromatic heterocycles. The van der Waals surface area contributed by atoms with Crippen molar-refractivity contribution in [3.63, 3.8) is 0 Å². The predicted octanol–water partition coefficient (Wildman–Crippen LogP) is 5.55.